The number of benzene rings is 1. The van der Waals surface area contributed by atoms with E-state index in [4.69, 9.17) is 0 Å². The molecular weight excluding hydrogens is 340 g/mol. The lowest BCUT2D eigenvalue weighted by molar-refractivity contribution is -0.134. The summed E-state index contributed by atoms with van der Waals surface area (Å²) < 4.78 is 0. The molecular formula is C21H26N4O2. The highest BCUT2D eigenvalue weighted by atomic mass is 16.2. The molecule has 1 aliphatic heterocycles. The number of nitrogens with one attached hydrogen (secondary N) is 2. The average Bonchev–Trinajstić information content (AvgIpc) is 2.66. The molecule has 2 amide bonds. The molecule has 27 heavy (non-hydrogen) atoms. The summed E-state index contributed by atoms with van der Waals surface area (Å²) in [5, 5.41) is 5.83. The monoisotopic (exact) mass is 366 g/mol. The summed E-state index contributed by atoms with van der Waals surface area (Å²) in [6, 6.07) is 9.47. The lowest BCUT2D eigenvalue weighted by Crippen LogP contribution is -2.56. The van der Waals surface area contributed by atoms with E-state index in [0.29, 0.717) is 19.6 Å². The van der Waals surface area contributed by atoms with Crippen LogP contribution in [0.4, 0.5) is 0 Å². The van der Waals surface area contributed by atoms with Crippen LogP contribution < -0.4 is 10.6 Å². The first kappa shape index (κ1) is 19.0. The number of rotatable bonds is 6. The first-order valence-corrected chi connectivity index (χ1v) is 9.27. The molecule has 0 unspecified atom stereocenters. The van der Waals surface area contributed by atoms with E-state index in [1.807, 2.05) is 29.2 Å². The van der Waals surface area contributed by atoms with Crippen molar-refractivity contribution in [1.29, 1.82) is 0 Å². The maximum absolute atomic E-state index is 12.5. The third-order valence-electron chi connectivity index (χ3n) is 5.12. The van der Waals surface area contributed by atoms with Crippen molar-refractivity contribution in [2.24, 2.45) is 0 Å². The number of hydrogen-bond acceptors (Lipinski definition) is 4. The lowest BCUT2D eigenvalue weighted by Gasteiger charge is -2.34. The summed E-state index contributed by atoms with van der Waals surface area (Å²) in [5.41, 5.74) is 4.53. The van der Waals surface area contributed by atoms with Gasteiger partial charge in [-0.05, 0) is 42.2 Å². The number of hydrogen-bond donors (Lipinski definition) is 2. The molecule has 1 aromatic heterocycles. The van der Waals surface area contributed by atoms with E-state index >= 15 is 0 Å². The van der Waals surface area contributed by atoms with Crippen LogP contribution in [-0.4, -0.2) is 40.8 Å². The highest BCUT2D eigenvalue weighted by Gasteiger charge is 2.31. The molecule has 3 rings (SSSR count). The summed E-state index contributed by atoms with van der Waals surface area (Å²) >= 11 is 0. The SMILES string of the molecule is Cc1cccc(CNC(=O)C[C@H]2C(=O)NCCN2Cc2cccnc2)c1C. The Morgan fingerprint density at radius 2 is 2.15 bits per heavy atom. The third-order valence-corrected chi connectivity index (χ3v) is 5.12. The van der Waals surface area contributed by atoms with Crippen LogP contribution in [0.2, 0.25) is 0 Å². The minimum atomic E-state index is -0.461. The standard InChI is InChI=1S/C21H26N4O2/c1-15-5-3-7-18(16(15)2)13-24-20(26)11-19-21(27)23-9-10-25(19)14-17-6-4-8-22-12-17/h3-8,12,19H,9-11,13-14H2,1-2H3,(H,23,27)(H,24,26)/t19-/m0/s1. The molecule has 1 saturated heterocycles. The first-order valence-electron chi connectivity index (χ1n) is 9.27. The summed E-state index contributed by atoms with van der Waals surface area (Å²) in [7, 11) is 0. The zero-order chi connectivity index (χ0) is 19.2. The van der Waals surface area contributed by atoms with E-state index < -0.39 is 6.04 Å². The van der Waals surface area contributed by atoms with Gasteiger partial charge in [-0.1, -0.05) is 24.3 Å². The van der Waals surface area contributed by atoms with Gasteiger partial charge in [0, 0.05) is 38.6 Å². The number of nitrogens with zero attached hydrogens (tertiary/aromatic N) is 2. The van der Waals surface area contributed by atoms with Gasteiger partial charge in [0.1, 0.15) is 0 Å². The van der Waals surface area contributed by atoms with E-state index in [-0.39, 0.29) is 18.2 Å². The predicted octanol–water partition coefficient (Wildman–Crippen LogP) is 1.71. The molecule has 2 heterocycles. The van der Waals surface area contributed by atoms with E-state index in [0.717, 1.165) is 17.7 Å². The Kier molecular flexibility index (Phi) is 6.19. The second-order valence-electron chi connectivity index (χ2n) is 6.98. The molecule has 6 nitrogen and oxygen atoms in total. The first-order chi connectivity index (χ1) is 13.0. The van der Waals surface area contributed by atoms with Gasteiger partial charge in [-0.2, -0.15) is 0 Å². The number of aromatic nitrogens is 1. The fourth-order valence-corrected chi connectivity index (χ4v) is 3.34. The maximum Gasteiger partial charge on any atom is 0.237 e. The number of piperazine rings is 1. The van der Waals surface area contributed by atoms with Crippen LogP contribution in [0.1, 0.15) is 28.7 Å². The highest BCUT2D eigenvalue weighted by molar-refractivity contribution is 5.88. The molecule has 0 aliphatic carbocycles. The van der Waals surface area contributed by atoms with Crippen LogP contribution in [0.5, 0.6) is 0 Å². The molecule has 1 fully saturated rings. The molecule has 2 N–H and O–H groups in total. The van der Waals surface area contributed by atoms with E-state index in [1.165, 1.54) is 11.1 Å². The predicted molar refractivity (Wildman–Crippen MR) is 104 cm³/mol. The van der Waals surface area contributed by atoms with Gasteiger partial charge < -0.3 is 10.6 Å². The van der Waals surface area contributed by atoms with Gasteiger partial charge in [-0.15, -0.1) is 0 Å². The number of carbonyl (C=O) groups excluding carboxylic acids is 2. The van der Waals surface area contributed by atoms with Gasteiger partial charge in [-0.25, -0.2) is 0 Å². The third kappa shape index (κ3) is 4.92. The van der Waals surface area contributed by atoms with Gasteiger partial charge >= 0.3 is 0 Å². The molecule has 6 heteroatoms. The van der Waals surface area contributed by atoms with Crippen molar-refractivity contribution in [3.63, 3.8) is 0 Å². The van der Waals surface area contributed by atoms with Crippen LogP contribution in [0.15, 0.2) is 42.7 Å². The molecule has 1 atom stereocenters. The maximum atomic E-state index is 12.5. The largest absolute Gasteiger partial charge is 0.353 e. The molecule has 142 valence electrons. The Balaban J connectivity index is 1.61. The van der Waals surface area contributed by atoms with Crippen molar-refractivity contribution in [1.82, 2.24) is 20.5 Å². The number of pyridine rings is 1. The zero-order valence-electron chi connectivity index (χ0n) is 15.9. The molecule has 0 bridgehead atoms. The van der Waals surface area contributed by atoms with Crippen molar-refractivity contribution < 1.29 is 9.59 Å². The van der Waals surface area contributed by atoms with E-state index in [2.05, 4.69) is 35.5 Å². The Hall–Kier alpha value is -2.73. The smallest absolute Gasteiger partial charge is 0.237 e. The summed E-state index contributed by atoms with van der Waals surface area (Å²) in [4.78, 5) is 31.0. The number of aryl methyl sites for hydroxylation is 1. The highest BCUT2D eigenvalue weighted by Crippen LogP contribution is 2.15. The van der Waals surface area contributed by atoms with Crippen molar-refractivity contribution >= 4 is 11.8 Å². The topological polar surface area (TPSA) is 74.3 Å². The van der Waals surface area contributed by atoms with Gasteiger partial charge in [0.25, 0.3) is 0 Å². The van der Waals surface area contributed by atoms with Crippen molar-refractivity contribution in [2.45, 2.75) is 39.4 Å². The second kappa shape index (κ2) is 8.77. The van der Waals surface area contributed by atoms with E-state index in [1.54, 1.807) is 12.4 Å². The number of amides is 2. The van der Waals surface area contributed by atoms with Crippen molar-refractivity contribution in [3.05, 3.63) is 65.0 Å². The quantitative estimate of drug-likeness (QED) is 0.816. The van der Waals surface area contributed by atoms with Gasteiger partial charge in [0.15, 0.2) is 0 Å². The Morgan fingerprint density at radius 1 is 1.30 bits per heavy atom. The van der Waals surface area contributed by atoms with Crippen LogP contribution in [-0.2, 0) is 22.7 Å². The van der Waals surface area contributed by atoms with Crippen LogP contribution >= 0.6 is 0 Å². The fraction of sp³-hybridized carbons (Fsp3) is 0.381. The van der Waals surface area contributed by atoms with Crippen molar-refractivity contribution in [2.75, 3.05) is 13.1 Å². The molecule has 0 saturated carbocycles. The number of carbonyl (C=O) groups is 2. The van der Waals surface area contributed by atoms with Gasteiger partial charge in [-0.3, -0.25) is 19.5 Å². The summed E-state index contributed by atoms with van der Waals surface area (Å²) in [5.74, 6) is -0.207. The molecule has 0 radical (unpaired) electrons. The van der Waals surface area contributed by atoms with E-state index in [9.17, 15) is 9.59 Å². The lowest BCUT2D eigenvalue weighted by atomic mass is 10.0. The summed E-state index contributed by atoms with van der Waals surface area (Å²) in [6.45, 7) is 6.51. The molecule has 1 aromatic carbocycles. The second-order valence-corrected chi connectivity index (χ2v) is 6.98. The van der Waals surface area contributed by atoms with Crippen LogP contribution in [0, 0.1) is 13.8 Å². The fourth-order valence-electron chi connectivity index (χ4n) is 3.34. The zero-order valence-corrected chi connectivity index (χ0v) is 15.9. The molecule has 0 spiro atoms. The normalized spacial score (nSPS) is 17.4. The van der Waals surface area contributed by atoms with Crippen LogP contribution in [0.25, 0.3) is 0 Å². The Bertz CT molecular complexity index is 807. The Labute approximate surface area is 160 Å². The molecule has 1 aliphatic rings. The molecule has 2 aromatic rings. The van der Waals surface area contributed by atoms with Gasteiger partial charge in [0.05, 0.1) is 12.5 Å². The average molecular weight is 366 g/mol. The van der Waals surface area contributed by atoms with Gasteiger partial charge in [0.2, 0.25) is 11.8 Å². The van der Waals surface area contributed by atoms with Crippen molar-refractivity contribution in [3.8, 4) is 0 Å². The minimum Gasteiger partial charge on any atom is -0.353 e. The summed E-state index contributed by atoms with van der Waals surface area (Å²) in [6.07, 6.45) is 3.67. The Morgan fingerprint density at radius 3 is 2.93 bits per heavy atom. The van der Waals surface area contributed by atoms with Crippen LogP contribution in [0.3, 0.4) is 0 Å². The minimum absolute atomic E-state index is 0.0907.